The Morgan fingerprint density at radius 1 is 1.33 bits per heavy atom. The van der Waals surface area contributed by atoms with Crippen LogP contribution in [0.2, 0.25) is 0 Å². The van der Waals surface area contributed by atoms with Crippen molar-refractivity contribution in [2.75, 3.05) is 0 Å². The molecule has 4 rings (SSSR count). The molecule has 0 radical (unpaired) electrons. The molecule has 1 aromatic rings. The molecule has 3 aliphatic carbocycles. The molecular weight excluding hydrogens is 186 g/mol. The molecule has 0 amide bonds. The van der Waals surface area contributed by atoms with E-state index in [0.29, 0.717) is 5.41 Å². The molecule has 84 valence electrons. The lowest BCUT2D eigenvalue weighted by Gasteiger charge is -2.59. The molecule has 3 fully saturated rings. The smallest absolute Gasteiger partial charge is 0.123 e. The largest absolute Gasteiger partial charge is 0.365 e. The highest BCUT2D eigenvalue weighted by molar-refractivity contribution is 5.01. The highest BCUT2D eigenvalue weighted by atomic mass is 16.5. The Kier molecular flexibility index (Phi) is 2.85. The van der Waals surface area contributed by atoms with Gasteiger partial charge in [-0.25, -0.2) is 0 Å². The summed E-state index contributed by atoms with van der Waals surface area (Å²) in [4.78, 5) is 0. The van der Waals surface area contributed by atoms with E-state index in [0.717, 1.165) is 17.8 Å². The second kappa shape index (κ2) is 3.99. The van der Waals surface area contributed by atoms with Crippen molar-refractivity contribution in [2.24, 2.45) is 23.2 Å². The van der Waals surface area contributed by atoms with Crippen molar-refractivity contribution in [1.82, 2.24) is 5.16 Å². The molecule has 15 heavy (non-hydrogen) atoms. The minimum absolute atomic E-state index is 0.706. The van der Waals surface area contributed by atoms with E-state index in [1.54, 1.807) is 12.3 Å². The molecule has 3 atom stereocenters. The van der Waals surface area contributed by atoms with Crippen LogP contribution in [-0.2, 0) is 0 Å². The van der Waals surface area contributed by atoms with Gasteiger partial charge in [0.05, 0.1) is 6.20 Å². The van der Waals surface area contributed by atoms with Crippen LogP contribution in [0.4, 0.5) is 0 Å². The standard InChI is InChI=1S/C10H18.C3H3NO/c1-7-4-5-8-6-9(7)10(8,2)3;1-2-4-5-3-1/h7-9H,4-6H2,1-3H3;1-3H. The predicted octanol–water partition coefficient (Wildman–Crippen LogP) is 3.75. The summed E-state index contributed by atoms with van der Waals surface area (Å²) in [5, 5.41) is 3.35. The number of aromatic nitrogens is 1. The zero-order valence-electron chi connectivity index (χ0n) is 9.94. The monoisotopic (exact) mass is 207 g/mol. The van der Waals surface area contributed by atoms with E-state index in [4.69, 9.17) is 0 Å². The summed E-state index contributed by atoms with van der Waals surface area (Å²) in [5.74, 6) is 3.15. The van der Waals surface area contributed by atoms with E-state index in [1.165, 1.54) is 25.5 Å². The highest BCUT2D eigenvalue weighted by Gasteiger charge is 2.52. The van der Waals surface area contributed by atoms with Gasteiger partial charge in [0.1, 0.15) is 6.26 Å². The lowest BCUT2D eigenvalue weighted by molar-refractivity contribution is -0.0988. The third-order valence-electron chi connectivity index (χ3n) is 4.55. The molecule has 0 aliphatic heterocycles. The van der Waals surface area contributed by atoms with Gasteiger partial charge in [0.25, 0.3) is 0 Å². The van der Waals surface area contributed by atoms with Gasteiger partial charge in [-0.05, 0) is 42.1 Å². The molecule has 0 saturated heterocycles. The van der Waals surface area contributed by atoms with Gasteiger partial charge in [-0.1, -0.05) is 32.3 Å². The minimum atomic E-state index is 0.706. The Morgan fingerprint density at radius 3 is 2.40 bits per heavy atom. The molecule has 3 unspecified atom stereocenters. The summed E-state index contributed by atoms with van der Waals surface area (Å²) in [6, 6.07) is 1.72. The number of hydrogen-bond donors (Lipinski definition) is 0. The average Bonchev–Trinajstić information content (AvgIpc) is 2.75. The predicted molar refractivity (Wildman–Crippen MR) is 60.3 cm³/mol. The Bertz CT molecular complexity index is 272. The fourth-order valence-electron chi connectivity index (χ4n) is 3.35. The summed E-state index contributed by atoms with van der Waals surface area (Å²) in [5.41, 5.74) is 0.706. The molecule has 1 aromatic heterocycles. The van der Waals surface area contributed by atoms with Crippen molar-refractivity contribution >= 4 is 0 Å². The molecule has 0 N–H and O–H groups in total. The van der Waals surface area contributed by atoms with E-state index >= 15 is 0 Å². The van der Waals surface area contributed by atoms with Gasteiger partial charge in [-0.3, -0.25) is 0 Å². The molecule has 3 saturated carbocycles. The zero-order chi connectivity index (χ0) is 10.9. The SMILES string of the molecule is CC1CCC2CC1C2(C)C.c1cnoc1. The molecule has 2 nitrogen and oxygen atoms in total. The molecular formula is C13H21NO. The van der Waals surface area contributed by atoms with Crippen LogP contribution in [0.3, 0.4) is 0 Å². The quantitative estimate of drug-likeness (QED) is 0.647. The topological polar surface area (TPSA) is 26.0 Å². The van der Waals surface area contributed by atoms with Crippen molar-refractivity contribution in [3.05, 3.63) is 18.5 Å². The van der Waals surface area contributed by atoms with Crippen molar-refractivity contribution < 1.29 is 4.52 Å². The molecule has 2 bridgehead atoms. The van der Waals surface area contributed by atoms with Crippen LogP contribution < -0.4 is 0 Å². The second-order valence-electron chi connectivity index (χ2n) is 5.60. The fraction of sp³-hybridized carbons (Fsp3) is 0.769. The summed E-state index contributed by atoms with van der Waals surface area (Å²) in [6.07, 6.45) is 7.64. The summed E-state index contributed by atoms with van der Waals surface area (Å²) in [6.45, 7) is 7.35. The third kappa shape index (κ3) is 1.95. The van der Waals surface area contributed by atoms with Crippen LogP contribution in [0.15, 0.2) is 23.0 Å². The van der Waals surface area contributed by atoms with Crippen LogP contribution in [0, 0.1) is 23.2 Å². The van der Waals surface area contributed by atoms with Gasteiger partial charge in [-0.2, -0.15) is 0 Å². The van der Waals surface area contributed by atoms with E-state index in [9.17, 15) is 0 Å². The number of fused-ring (bicyclic) bond motifs is 2. The van der Waals surface area contributed by atoms with Crippen LogP contribution in [0.5, 0.6) is 0 Å². The molecule has 0 aromatic carbocycles. The first-order valence-electron chi connectivity index (χ1n) is 5.96. The van der Waals surface area contributed by atoms with Gasteiger partial charge >= 0.3 is 0 Å². The Balaban J connectivity index is 0.000000144. The first-order valence-corrected chi connectivity index (χ1v) is 5.96. The maximum absolute atomic E-state index is 4.33. The van der Waals surface area contributed by atoms with E-state index < -0.39 is 0 Å². The van der Waals surface area contributed by atoms with Gasteiger partial charge < -0.3 is 4.52 Å². The van der Waals surface area contributed by atoms with Crippen molar-refractivity contribution in [1.29, 1.82) is 0 Å². The average molecular weight is 207 g/mol. The van der Waals surface area contributed by atoms with Gasteiger partial charge in [0.15, 0.2) is 0 Å². The highest BCUT2D eigenvalue weighted by Crippen LogP contribution is 2.61. The maximum atomic E-state index is 4.33. The van der Waals surface area contributed by atoms with E-state index in [1.807, 2.05) is 0 Å². The Morgan fingerprint density at radius 2 is 2.13 bits per heavy atom. The molecule has 1 heterocycles. The first-order chi connectivity index (χ1) is 7.12. The fourth-order valence-corrected chi connectivity index (χ4v) is 3.35. The molecule has 0 spiro atoms. The van der Waals surface area contributed by atoms with Crippen LogP contribution in [0.1, 0.15) is 40.0 Å². The first kappa shape index (κ1) is 10.7. The second-order valence-corrected chi connectivity index (χ2v) is 5.60. The summed E-state index contributed by atoms with van der Waals surface area (Å²) >= 11 is 0. The normalized spacial score (nSPS) is 36.1. The van der Waals surface area contributed by atoms with E-state index in [2.05, 4.69) is 30.5 Å². The van der Waals surface area contributed by atoms with Gasteiger partial charge in [0, 0.05) is 0 Å². The maximum Gasteiger partial charge on any atom is 0.123 e. The number of hydrogen-bond acceptors (Lipinski definition) is 2. The van der Waals surface area contributed by atoms with Crippen molar-refractivity contribution in [2.45, 2.75) is 40.0 Å². The summed E-state index contributed by atoms with van der Waals surface area (Å²) in [7, 11) is 0. The Labute approximate surface area is 92.0 Å². The van der Waals surface area contributed by atoms with Crippen molar-refractivity contribution in [3.63, 3.8) is 0 Å². The lowest BCUT2D eigenvalue weighted by Crippen LogP contribution is -2.51. The van der Waals surface area contributed by atoms with Gasteiger partial charge in [0.2, 0.25) is 0 Å². The third-order valence-corrected chi connectivity index (χ3v) is 4.55. The zero-order valence-corrected chi connectivity index (χ0v) is 9.94. The van der Waals surface area contributed by atoms with Crippen LogP contribution in [0.25, 0.3) is 0 Å². The van der Waals surface area contributed by atoms with Crippen LogP contribution >= 0.6 is 0 Å². The molecule has 3 aliphatic rings. The number of nitrogens with zero attached hydrogens (tertiary/aromatic N) is 1. The molecule has 2 heteroatoms. The lowest BCUT2D eigenvalue weighted by atomic mass is 9.46. The summed E-state index contributed by atoms with van der Waals surface area (Å²) < 4.78 is 4.33. The number of rotatable bonds is 0. The van der Waals surface area contributed by atoms with Crippen molar-refractivity contribution in [3.8, 4) is 0 Å². The van der Waals surface area contributed by atoms with Gasteiger partial charge in [-0.15, -0.1) is 0 Å². The minimum Gasteiger partial charge on any atom is -0.365 e. The van der Waals surface area contributed by atoms with E-state index in [-0.39, 0.29) is 0 Å². The Hall–Kier alpha value is -0.790. The van der Waals surface area contributed by atoms with Crippen LogP contribution in [-0.4, -0.2) is 5.16 Å².